The molecule has 2 amide bonds. The first-order chi connectivity index (χ1) is 15.0. The van der Waals surface area contributed by atoms with E-state index in [1.807, 2.05) is 52.0 Å². The highest BCUT2D eigenvalue weighted by Crippen LogP contribution is 2.51. The van der Waals surface area contributed by atoms with Crippen LogP contribution in [0.25, 0.3) is 11.6 Å². The van der Waals surface area contributed by atoms with Crippen molar-refractivity contribution in [2.24, 2.45) is 5.41 Å². The van der Waals surface area contributed by atoms with Gasteiger partial charge in [-0.05, 0) is 65.2 Å². The van der Waals surface area contributed by atoms with E-state index in [0.717, 1.165) is 27.9 Å². The van der Waals surface area contributed by atoms with E-state index >= 15 is 0 Å². The van der Waals surface area contributed by atoms with Gasteiger partial charge in [-0.3, -0.25) is 9.59 Å². The Labute approximate surface area is 187 Å². The third-order valence-electron chi connectivity index (χ3n) is 7.43. The summed E-state index contributed by atoms with van der Waals surface area (Å²) in [4.78, 5) is 28.3. The molecule has 1 spiro atoms. The number of nitrogens with zero attached hydrogens (tertiary/aromatic N) is 2. The van der Waals surface area contributed by atoms with Crippen molar-refractivity contribution in [2.75, 3.05) is 6.54 Å². The third kappa shape index (κ3) is 2.45. The van der Waals surface area contributed by atoms with E-state index in [4.69, 9.17) is 4.74 Å². The van der Waals surface area contributed by atoms with Gasteiger partial charge in [0.05, 0.1) is 22.6 Å². The number of carbonyl (C=O) groups excluding carboxylic acids is 2. The van der Waals surface area contributed by atoms with Crippen LogP contribution in [0.2, 0.25) is 0 Å². The number of allylic oxidation sites excluding steroid dienone is 1. The van der Waals surface area contributed by atoms with Crippen molar-refractivity contribution < 1.29 is 19.1 Å². The first kappa shape index (κ1) is 19.6. The normalized spacial score (nSPS) is 30.9. The van der Waals surface area contributed by atoms with Crippen molar-refractivity contribution in [3.63, 3.8) is 0 Å². The zero-order valence-electron chi connectivity index (χ0n) is 18.8. The zero-order valence-corrected chi connectivity index (χ0v) is 18.8. The summed E-state index contributed by atoms with van der Waals surface area (Å²) in [6.07, 6.45) is 7.74. The molecule has 0 radical (unpaired) electrons. The van der Waals surface area contributed by atoms with Crippen molar-refractivity contribution >= 4 is 34.9 Å². The highest BCUT2D eigenvalue weighted by molar-refractivity contribution is 6.29. The van der Waals surface area contributed by atoms with Gasteiger partial charge in [0.2, 0.25) is 17.3 Å². The summed E-state index contributed by atoms with van der Waals surface area (Å²) in [6.45, 7) is 8.50. The Hall–Kier alpha value is -3.09. The summed E-state index contributed by atoms with van der Waals surface area (Å²) in [5.74, 6) is 0.513. The van der Waals surface area contributed by atoms with Crippen molar-refractivity contribution in [1.29, 1.82) is 0 Å². The smallest absolute Gasteiger partial charge is 0.253 e. The molecule has 1 aromatic carbocycles. The molecule has 2 saturated heterocycles. The molecular formula is C25H27N3O4. The fraction of sp³-hybridized carbons (Fsp3) is 0.480. The van der Waals surface area contributed by atoms with Crippen LogP contribution in [0.3, 0.4) is 0 Å². The number of carbonyl (C=O) groups is 2. The average molecular weight is 434 g/mol. The summed E-state index contributed by atoms with van der Waals surface area (Å²) < 4.78 is 7.07. The molecule has 1 N–H and O–H groups in total. The minimum absolute atomic E-state index is 0.0620. The molecule has 5 aliphatic rings. The number of hydrogen-bond donors (Lipinski definition) is 1. The predicted molar refractivity (Wildman–Crippen MR) is 120 cm³/mol. The molecule has 7 nitrogen and oxygen atoms in total. The molecule has 0 aromatic heterocycles. The van der Waals surface area contributed by atoms with Crippen LogP contribution in [-0.4, -0.2) is 50.9 Å². The molecule has 0 unspecified atom stereocenters. The van der Waals surface area contributed by atoms with Gasteiger partial charge in [0.15, 0.2) is 0 Å². The summed E-state index contributed by atoms with van der Waals surface area (Å²) in [5.41, 5.74) is 1.38. The van der Waals surface area contributed by atoms with Crippen molar-refractivity contribution in [1.82, 2.24) is 10.2 Å². The molecule has 4 heterocycles. The van der Waals surface area contributed by atoms with Crippen LogP contribution in [0.5, 0.6) is 5.75 Å². The molecule has 6 rings (SSSR count). The first-order valence-corrected chi connectivity index (χ1v) is 11.3. The molecule has 166 valence electrons. The maximum atomic E-state index is 13.6. The topological polar surface area (TPSA) is 84.7 Å². The quantitative estimate of drug-likeness (QED) is 0.503. The molecule has 7 heteroatoms. The fourth-order valence-corrected chi connectivity index (χ4v) is 6.13. The molecule has 1 aliphatic carbocycles. The van der Waals surface area contributed by atoms with E-state index in [1.165, 1.54) is 0 Å². The Bertz CT molecular complexity index is 1210. The molecule has 1 aromatic rings. The van der Waals surface area contributed by atoms with Gasteiger partial charge in [-0.2, -0.15) is 4.74 Å². The number of hydrogen-bond acceptors (Lipinski definition) is 4. The summed E-state index contributed by atoms with van der Waals surface area (Å²) in [7, 11) is 0. The standard InChI is InChI=1S/C25H27N3O4/c1-23(2)13-25(22(30)27-9-5-6-17(27)21(29)26-25)12-16-15-10-14-7-8-24(3,4)32-19(14)11-18(15)28(31)20(16)23/h7-8,10-12,17H,5-6,9,13H2,1-4H3,(H,26,29)/t17-,25-/m0/s1. The van der Waals surface area contributed by atoms with E-state index in [9.17, 15) is 14.8 Å². The van der Waals surface area contributed by atoms with Crippen LogP contribution in [-0.2, 0) is 9.59 Å². The molecule has 4 aliphatic heterocycles. The van der Waals surface area contributed by atoms with Crippen molar-refractivity contribution in [3.05, 3.63) is 40.6 Å². The van der Waals surface area contributed by atoms with Crippen molar-refractivity contribution in [3.8, 4) is 5.75 Å². The second-order valence-electron chi connectivity index (χ2n) is 10.8. The lowest BCUT2D eigenvalue weighted by Crippen LogP contribution is -2.70. The number of nitrogens with one attached hydrogen (secondary N) is 1. The molecule has 0 saturated carbocycles. The summed E-state index contributed by atoms with van der Waals surface area (Å²) >= 11 is 0. The van der Waals surface area contributed by atoms with Gasteiger partial charge in [-0.15, -0.1) is 0 Å². The van der Waals surface area contributed by atoms with Crippen LogP contribution in [0.1, 0.15) is 58.1 Å². The monoisotopic (exact) mass is 433 g/mol. The van der Waals surface area contributed by atoms with Gasteiger partial charge in [0.25, 0.3) is 5.91 Å². The lowest BCUT2D eigenvalue weighted by atomic mass is 9.66. The maximum absolute atomic E-state index is 13.6. The van der Waals surface area contributed by atoms with Crippen LogP contribution >= 0.6 is 0 Å². The number of piperazine rings is 1. The summed E-state index contributed by atoms with van der Waals surface area (Å²) in [5, 5.41) is 16.5. The zero-order chi connectivity index (χ0) is 22.6. The number of amides is 2. The maximum Gasteiger partial charge on any atom is 0.253 e. The second-order valence-corrected chi connectivity index (χ2v) is 10.8. The van der Waals surface area contributed by atoms with Crippen LogP contribution < -0.4 is 10.1 Å². The third-order valence-corrected chi connectivity index (χ3v) is 7.43. The lowest BCUT2D eigenvalue weighted by Gasteiger charge is -2.47. The van der Waals surface area contributed by atoms with Crippen LogP contribution in [0.4, 0.5) is 5.69 Å². The van der Waals surface area contributed by atoms with Crippen LogP contribution in [0.15, 0.2) is 24.3 Å². The van der Waals surface area contributed by atoms with Gasteiger partial charge < -0.3 is 20.2 Å². The average Bonchev–Trinajstić information content (AvgIpc) is 3.28. The molecular weight excluding hydrogens is 406 g/mol. The largest absolute Gasteiger partial charge is 0.618 e. The number of ether oxygens (including phenoxy) is 1. The molecule has 2 fully saturated rings. The molecule has 0 bridgehead atoms. The lowest BCUT2D eigenvalue weighted by molar-refractivity contribution is -0.361. The van der Waals surface area contributed by atoms with Gasteiger partial charge in [0.1, 0.15) is 22.9 Å². The Balaban J connectivity index is 1.54. The number of benzene rings is 1. The van der Waals surface area contributed by atoms with Gasteiger partial charge >= 0.3 is 0 Å². The number of fused-ring (bicyclic) bond motifs is 5. The first-order valence-electron chi connectivity index (χ1n) is 11.3. The Kier molecular flexibility index (Phi) is 3.56. The Morgan fingerprint density at radius 1 is 1.22 bits per heavy atom. The minimum atomic E-state index is -1.13. The van der Waals surface area contributed by atoms with E-state index in [2.05, 4.69) is 5.32 Å². The second kappa shape index (κ2) is 5.82. The Morgan fingerprint density at radius 2 is 2.00 bits per heavy atom. The van der Waals surface area contributed by atoms with Gasteiger partial charge in [0, 0.05) is 12.1 Å². The van der Waals surface area contributed by atoms with Gasteiger partial charge in [-0.1, -0.05) is 6.08 Å². The van der Waals surface area contributed by atoms with Crippen molar-refractivity contribution in [2.45, 2.75) is 64.1 Å². The van der Waals surface area contributed by atoms with Crippen LogP contribution in [0, 0.1) is 10.6 Å². The molecule has 32 heavy (non-hydrogen) atoms. The fourth-order valence-electron chi connectivity index (χ4n) is 6.13. The highest BCUT2D eigenvalue weighted by atomic mass is 16.5. The number of rotatable bonds is 0. The highest BCUT2D eigenvalue weighted by Gasteiger charge is 2.59. The summed E-state index contributed by atoms with van der Waals surface area (Å²) in [6, 6.07) is 3.39. The predicted octanol–water partition coefficient (Wildman–Crippen LogP) is 3.14. The van der Waals surface area contributed by atoms with E-state index in [0.29, 0.717) is 36.5 Å². The van der Waals surface area contributed by atoms with E-state index in [1.54, 1.807) is 11.0 Å². The molecule has 2 atom stereocenters. The minimum Gasteiger partial charge on any atom is -0.618 e. The van der Waals surface area contributed by atoms with E-state index < -0.39 is 16.6 Å². The van der Waals surface area contributed by atoms with E-state index in [-0.39, 0.29) is 17.9 Å². The SMILES string of the molecule is CC1(C)C=Cc2cc3c(cc2O1)[N+]([O-])=C1C3=C[C@@]2(CC1(C)C)NC(=O)[C@@H]1CCCN1C2=O. The Morgan fingerprint density at radius 3 is 2.78 bits per heavy atom. The van der Waals surface area contributed by atoms with Gasteiger partial charge in [-0.25, -0.2) is 0 Å².